The zero-order chi connectivity index (χ0) is 16.9. The van der Waals surface area contributed by atoms with E-state index in [0.29, 0.717) is 25.3 Å². The third-order valence-electron chi connectivity index (χ3n) is 4.06. The molecule has 1 heterocycles. The van der Waals surface area contributed by atoms with Crippen molar-refractivity contribution in [3.63, 3.8) is 0 Å². The minimum atomic E-state index is -0.943. The lowest BCUT2D eigenvalue weighted by molar-refractivity contribution is 0.281. The fraction of sp³-hybridized carbons (Fsp3) is 0.316. The molecule has 0 bridgehead atoms. The van der Waals surface area contributed by atoms with Crippen molar-refractivity contribution in [1.82, 2.24) is 5.32 Å². The van der Waals surface area contributed by atoms with Gasteiger partial charge in [-0.25, -0.2) is 9.38 Å². The maximum absolute atomic E-state index is 14.1. The number of hydrogen-bond donors (Lipinski definition) is 2. The number of ether oxygens (including phenoxy) is 1. The van der Waals surface area contributed by atoms with Crippen LogP contribution in [0.25, 0.3) is 0 Å². The first kappa shape index (κ1) is 16.5. The van der Waals surface area contributed by atoms with Crippen molar-refractivity contribution < 1.29 is 9.13 Å². The number of halogens is 1. The van der Waals surface area contributed by atoms with Gasteiger partial charge in [0.2, 0.25) is 0 Å². The van der Waals surface area contributed by atoms with Crippen LogP contribution in [0.4, 0.5) is 10.1 Å². The number of nitrogens with zero attached hydrogens (tertiary/aromatic N) is 1. The molecule has 0 spiro atoms. The summed E-state index contributed by atoms with van der Waals surface area (Å²) in [5.74, 6) is 1.23. The number of nitrogens with two attached hydrogens (primary N) is 1. The first-order valence-electron chi connectivity index (χ1n) is 8.17. The van der Waals surface area contributed by atoms with Crippen molar-refractivity contribution in [1.29, 1.82) is 0 Å². The molecule has 0 amide bonds. The van der Waals surface area contributed by atoms with Crippen molar-refractivity contribution >= 4 is 11.5 Å². The molecule has 0 radical (unpaired) electrons. The highest BCUT2D eigenvalue weighted by Crippen LogP contribution is 2.32. The van der Waals surface area contributed by atoms with Crippen LogP contribution >= 0.6 is 0 Å². The van der Waals surface area contributed by atoms with E-state index in [0.717, 1.165) is 22.6 Å². The van der Waals surface area contributed by atoms with Gasteiger partial charge >= 0.3 is 0 Å². The van der Waals surface area contributed by atoms with Gasteiger partial charge in [0.1, 0.15) is 23.4 Å². The van der Waals surface area contributed by atoms with E-state index in [2.05, 4.69) is 10.3 Å². The van der Waals surface area contributed by atoms with Crippen LogP contribution in [0.1, 0.15) is 30.6 Å². The van der Waals surface area contributed by atoms with Gasteiger partial charge in [0.25, 0.3) is 0 Å². The summed E-state index contributed by atoms with van der Waals surface area (Å²) in [6.45, 7) is 3.13. The van der Waals surface area contributed by atoms with Gasteiger partial charge in [0.05, 0.1) is 0 Å². The summed E-state index contributed by atoms with van der Waals surface area (Å²) in [6, 6.07) is 15.1. The lowest BCUT2D eigenvalue weighted by atomic mass is 10.1. The molecule has 3 N–H and O–H groups in total. The lowest BCUT2D eigenvalue weighted by Gasteiger charge is -2.21. The highest BCUT2D eigenvalue weighted by molar-refractivity contribution is 5.89. The molecule has 0 saturated carbocycles. The van der Waals surface area contributed by atoms with Crippen LogP contribution in [0, 0.1) is 0 Å². The van der Waals surface area contributed by atoms with Crippen LogP contribution in [-0.4, -0.2) is 18.5 Å². The number of amidine groups is 1. The van der Waals surface area contributed by atoms with Crippen LogP contribution in [0.3, 0.4) is 0 Å². The summed E-state index contributed by atoms with van der Waals surface area (Å²) in [7, 11) is 0. The van der Waals surface area contributed by atoms with Gasteiger partial charge in [0.15, 0.2) is 6.10 Å². The Morgan fingerprint density at radius 1 is 1.25 bits per heavy atom. The number of benzene rings is 2. The van der Waals surface area contributed by atoms with Gasteiger partial charge in [-0.2, -0.15) is 0 Å². The highest BCUT2D eigenvalue weighted by Gasteiger charge is 2.18. The average Bonchev–Trinajstić information content (AvgIpc) is 2.60. The number of alkyl halides is 1. The maximum atomic E-state index is 14.1. The Labute approximate surface area is 141 Å². The molecule has 2 atom stereocenters. The number of nitrogens with one attached hydrogen (secondary N) is 1. The predicted molar refractivity (Wildman–Crippen MR) is 94.4 cm³/mol. The second kappa shape index (κ2) is 7.45. The van der Waals surface area contributed by atoms with Crippen molar-refractivity contribution in [3.8, 4) is 5.75 Å². The van der Waals surface area contributed by atoms with Crippen LogP contribution in [0.2, 0.25) is 0 Å². The summed E-state index contributed by atoms with van der Waals surface area (Å²) < 4.78 is 19.8. The molecule has 4 nitrogen and oxygen atoms in total. The van der Waals surface area contributed by atoms with Gasteiger partial charge in [-0.3, -0.25) is 0 Å². The Morgan fingerprint density at radius 3 is 2.83 bits per heavy atom. The Hall–Kier alpha value is -2.40. The molecule has 1 aliphatic heterocycles. The van der Waals surface area contributed by atoms with E-state index >= 15 is 0 Å². The van der Waals surface area contributed by atoms with Crippen molar-refractivity contribution in [2.45, 2.75) is 32.2 Å². The van der Waals surface area contributed by atoms with E-state index in [1.165, 1.54) is 0 Å². The monoisotopic (exact) mass is 327 g/mol. The molecule has 1 unspecified atom stereocenters. The molecular weight excluding hydrogens is 305 g/mol. The Balaban J connectivity index is 1.51. The first-order chi connectivity index (χ1) is 11.6. The topological polar surface area (TPSA) is 59.6 Å². The largest absolute Gasteiger partial charge is 0.481 e. The Kier molecular flexibility index (Phi) is 5.11. The summed E-state index contributed by atoms with van der Waals surface area (Å²) in [5.41, 5.74) is 8.36. The molecule has 0 saturated heterocycles. The molecule has 0 aliphatic carbocycles. The molecule has 2 aromatic rings. The minimum absolute atomic E-state index is 0.194. The normalized spacial score (nSPS) is 17.6. The summed E-state index contributed by atoms with van der Waals surface area (Å²) in [6.07, 6.45) is -0.691. The summed E-state index contributed by atoms with van der Waals surface area (Å²) >= 11 is 0. The minimum Gasteiger partial charge on any atom is -0.481 e. The average molecular weight is 327 g/mol. The third-order valence-corrected chi connectivity index (χ3v) is 4.06. The van der Waals surface area contributed by atoms with Crippen molar-refractivity contribution in [3.05, 3.63) is 59.7 Å². The molecular formula is C19H22FN3O. The number of hydrogen-bond acceptors (Lipinski definition) is 4. The molecule has 3 rings (SSSR count). The van der Waals surface area contributed by atoms with Crippen LogP contribution < -0.4 is 15.8 Å². The first-order valence-corrected chi connectivity index (χ1v) is 8.17. The number of rotatable bonds is 6. The zero-order valence-electron chi connectivity index (χ0n) is 13.7. The van der Waals surface area contributed by atoms with E-state index in [-0.39, 0.29) is 6.10 Å². The van der Waals surface area contributed by atoms with Gasteiger partial charge in [-0.05, 0) is 43.1 Å². The van der Waals surface area contributed by atoms with Crippen LogP contribution in [0.15, 0.2) is 53.5 Å². The van der Waals surface area contributed by atoms with Gasteiger partial charge < -0.3 is 15.8 Å². The van der Waals surface area contributed by atoms with Crippen LogP contribution in [0.5, 0.6) is 5.75 Å². The fourth-order valence-corrected chi connectivity index (χ4v) is 2.63. The second-order valence-corrected chi connectivity index (χ2v) is 5.94. The summed E-state index contributed by atoms with van der Waals surface area (Å²) in [5, 5.41) is 3.27. The maximum Gasteiger partial charge on any atom is 0.153 e. The zero-order valence-corrected chi connectivity index (χ0v) is 13.7. The van der Waals surface area contributed by atoms with E-state index in [9.17, 15) is 4.39 Å². The van der Waals surface area contributed by atoms with Gasteiger partial charge in [0, 0.05) is 6.54 Å². The van der Waals surface area contributed by atoms with E-state index in [1.807, 2.05) is 55.5 Å². The SMILES string of the molecule is C[C@H]1Oc2ccc(CNCCC(F)c3ccccc3)cc2N=C1N. The molecule has 0 aromatic heterocycles. The quantitative estimate of drug-likeness (QED) is 0.796. The Bertz CT molecular complexity index is 718. The van der Waals surface area contributed by atoms with E-state index in [4.69, 9.17) is 10.5 Å². The lowest BCUT2D eigenvalue weighted by Crippen LogP contribution is -2.33. The van der Waals surface area contributed by atoms with E-state index in [1.54, 1.807) is 0 Å². The molecule has 2 aromatic carbocycles. The smallest absolute Gasteiger partial charge is 0.153 e. The molecule has 1 aliphatic rings. The summed E-state index contributed by atoms with van der Waals surface area (Å²) in [4.78, 5) is 4.37. The van der Waals surface area contributed by atoms with Crippen molar-refractivity contribution in [2.75, 3.05) is 6.54 Å². The highest BCUT2D eigenvalue weighted by atomic mass is 19.1. The fourth-order valence-electron chi connectivity index (χ4n) is 2.63. The standard InChI is InChI=1S/C19H22FN3O/c1-13-19(21)23-17-11-14(7-8-18(17)24-13)12-22-10-9-16(20)15-5-3-2-4-6-15/h2-8,11,13,16,22H,9-10,12H2,1H3,(H2,21,23)/t13-,16?/m1/s1. The van der Waals surface area contributed by atoms with Crippen molar-refractivity contribution in [2.24, 2.45) is 10.7 Å². The molecule has 5 heteroatoms. The van der Waals surface area contributed by atoms with Gasteiger partial charge in [-0.1, -0.05) is 36.4 Å². The van der Waals surface area contributed by atoms with Gasteiger partial charge in [-0.15, -0.1) is 0 Å². The van der Waals surface area contributed by atoms with E-state index < -0.39 is 6.17 Å². The predicted octanol–water partition coefficient (Wildman–Crippen LogP) is 3.65. The molecule has 0 fully saturated rings. The van der Waals surface area contributed by atoms with Crippen LogP contribution in [-0.2, 0) is 6.54 Å². The second-order valence-electron chi connectivity index (χ2n) is 5.94. The number of fused-ring (bicyclic) bond motifs is 1. The molecule has 126 valence electrons. The Morgan fingerprint density at radius 2 is 2.04 bits per heavy atom. The molecule has 24 heavy (non-hydrogen) atoms. The third kappa shape index (κ3) is 3.92. The number of aliphatic imine (C=N–C) groups is 1.